The van der Waals surface area contributed by atoms with Gasteiger partial charge in [-0.15, -0.1) is 0 Å². The van der Waals surface area contributed by atoms with Crippen molar-refractivity contribution in [3.63, 3.8) is 0 Å². The lowest BCUT2D eigenvalue weighted by molar-refractivity contribution is -0.117. The molecule has 3 rings (SSSR count). The van der Waals surface area contributed by atoms with E-state index in [-0.39, 0.29) is 29.6 Å². The van der Waals surface area contributed by atoms with Gasteiger partial charge in [-0.2, -0.15) is 0 Å². The zero-order chi connectivity index (χ0) is 17.1. The van der Waals surface area contributed by atoms with Crippen LogP contribution in [-0.4, -0.2) is 19.0 Å². The van der Waals surface area contributed by atoms with Gasteiger partial charge in [0.15, 0.2) is 0 Å². The highest BCUT2D eigenvalue weighted by Gasteiger charge is 2.43. The van der Waals surface area contributed by atoms with Gasteiger partial charge in [-0.25, -0.2) is 9.18 Å². The Morgan fingerprint density at radius 2 is 1.71 bits per heavy atom. The number of hydrogen-bond acceptors (Lipinski definition) is 2. The van der Waals surface area contributed by atoms with E-state index in [4.69, 9.17) is 0 Å². The Labute approximate surface area is 139 Å². The molecule has 2 unspecified atom stereocenters. The summed E-state index contributed by atoms with van der Waals surface area (Å²) in [5.41, 5.74) is 2.20. The van der Waals surface area contributed by atoms with E-state index in [2.05, 4.69) is 16.0 Å². The summed E-state index contributed by atoms with van der Waals surface area (Å²) in [4.78, 5) is 23.7. The van der Waals surface area contributed by atoms with Crippen molar-refractivity contribution >= 4 is 23.3 Å². The average Bonchev–Trinajstić information content (AvgIpc) is 3.36. The van der Waals surface area contributed by atoms with E-state index in [9.17, 15) is 14.0 Å². The molecule has 124 valence electrons. The Morgan fingerprint density at radius 3 is 2.38 bits per heavy atom. The van der Waals surface area contributed by atoms with Crippen molar-refractivity contribution in [2.75, 3.05) is 17.7 Å². The Bertz CT molecular complexity index is 761. The van der Waals surface area contributed by atoms with Gasteiger partial charge >= 0.3 is 6.03 Å². The predicted molar refractivity (Wildman–Crippen MR) is 90.4 cm³/mol. The molecule has 2 aromatic carbocycles. The smallest absolute Gasteiger partial charge is 0.318 e. The Balaban J connectivity index is 1.61. The first-order valence-electron chi connectivity index (χ1n) is 7.72. The molecule has 1 aliphatic carbocycles. The standard InChI is InChI=1S/C18H18FN3O2/c1-20-18(24)22-14-4-2-3-13(9-14)21-17(23)16-10-15(16)11-5-7-12(19)8-6-11/h2-9,15-16H,10H2,1H3,(H,21,23)(H2,20,22,24). The van der Waals surface area contributed by atoms with E-state index >= 15 is 0 Å². The quantitative estimate of drug-likeness (QED) is 0.806. The van der Waals surface area contributed by atoms with Crippen molar-refractivity contribution in [2.45, 2.75) is 12.3 Å². The van der Waals surface area contributed by atoms with Crippen LogP contribution in [0.5, 0.6) is 0 Å². The summed E-state index contributed by atoms with van der Waals surface area (Å²) in [7, 11) is 1.53. The third-order valence-electron chi connectivity index (χ3n) is 4.04. The van der Waals surface area contributed by atoms with Crippen LogP contribution >= 0.6 is 0 Å². The fourth-order valence-electron chi connectivity index (χ4n) is 2.67. The number of halogens is 1. The molecule has 0 radical (unpaired) electrons. The lowest BCUT2D eigenvalue weighted by Crippen LogP contribution is -2.24. The first-order chi connectivity index (χ1) is 11.6. The number of anilines is 2. The minimum atomic E-state index is -0.322. The van der Waals surface area contributed by atoms with Crippen LogP contribution in [0.1, 0.15) is 17.9 Å². The molecule has 0 aromatic heterocycles. The molecule has 1 saturated carbocycles. The first kappa shape index (κ1) is 16.0. The normalized spacial score (nSPS) is 18.6. The van der Waals surface area contributed by atoms with Crippen molar-refractivity contribution in [3.05, 3.63) is 59.9 Å². The van der Waals surface area contributed by atoms with Crippen molar-refractivity contribution in [1.82, 2.24) is 5.32 Å². The summed E-state index contributed by atoms with van der Waals surface area (Å²) in [5.74, 6) is -0.314. The summed E-state index contributed by atoms with van der Waals surface area (Å²) in [6.07, 6.45) is 0.758. The van der Waals surface area contributed by atoms with Gasteiger partial charge in [0.1, 0.15) is 5.82 Å². The van der Waals surface area contributed by atoms with Crippen LogP contribution in [-0.2, 0) is 4.79 Å². The topological polar surface area (TPSA) is 70.2 Å². The van der Waals surface area contributed by atoms with Crippen molar-refractivity contribution in [3.8, 4) is 0 Å². The van der Waals surface area contributed by atoms with Crippen LogP contribution < -0.4 is 16.0 Å². The lowest BCUT2D eigenvalue weighted by atomic mass is 10.1. The van der Waals surface area contributed by atoms with Crippen molar-refractivity contribution < 1.29 is 14.0 Å². The van der Waals surface area contributed by atoms with Crippen LogP contribution in [0, 0.1) is 11.7 Å². The molecule has 3 N–H and O–H groups in total. The molecule has 0 aliphatic heterocycles. The molecule has 0 saturated heterocycles. The maximum atomic E-state index is 13.0. The molecule has 24 heavy (non-hydrogen) atoms. The van der Waals surface area contributed by atoms with Crippen LogP contribution in [0.15, 0.2) is 48.5 Å². The zero-order valence-corrected chi connectivity index (χ0v) is 13.2. The number of benzene rings is 2. The van der Waals surface area contributed by atoms with E-state index in [0.717, 1.165) is 12.0 Å². The maximum absolute atomic E-state index is 13.0. The Kier molecular flexibility index (Phi) is 4.46. The minimum absolute atomic E-state index is 0.0681. The van der Waals surface area contributed by atoms with Gasteiger partial charge < -0.3 is 16.0 Å². The number of hydrogen-bond donors (Lipinski definition) is 3. The van der Waals surface area contributed by atoms with Gasteiger partial charge in [-0.1, -0.05) is 18.2 Å². The predicted octanol–water partition coefficient (Wildman–Crippen LogP) is 3.32. The van der Waals surface area contributed by atoms with Gasteiger partial charge in [-0.3, -0.25) is 4.79 Å². The molecule has 0 spiro atoms. The fraction of sp³-hybridized carbons (Fsp3) is 0.222. The third kappa shape index (κ3) is 3.71. The second kappa shape index (κ2) is 6.70. The number of nitrogens with one attached hydrogen (secondary N) is 3. The summed E-state index contributed by atoms with van der Waals surface area (Å²) < 4.78 is 13.0. The first-order valence-corrected chi connectivity index (χ1v) is 7.72. The highest BCUT2D eigenvalue weighted by atomic mass is 19.1. The SMILES string of the molecule is CNC(=O)Nc1cccc(NC(=O)C2CC2c2ccc(F)cc2)c1. The highest BCUT2D eigenvalue weighted by Crippen LogP contribution is 2.48. The van der Waals surface area contributed by atoms with Crippen molar-refractivity contribution in [2.24, 2.45) is 5.92 Å². The fourth-order valence-corrected chi connectivity index (χ4v) is 2.67. The number of amides is 3. The maximum Gasteiger partial charge on any atom is 0.318 e. The van der Waals surface area contributed by atoms with Crippen LogP contribution in [0.25, 0.3) is 0 Å². The Hall–Kier alpha value is -2.89. The largest absolute Gasteiger partial charge is 0.341 e. The van der Waals surface area contributed by atoms with Gasteiger partial charge in [0.2, 0.25) is 5.91 Å². The molecule has 1 fully saturated rings. The molecular weight excluding hydrogens is 309 g/mol. The molecule has 2 atom stereocenters. The van der Waals surface area contributed by atoms with E-state index in [0.29, 0.717) is 11.4 Å². The molecule has 0 bridgehead atoms. The second-order valence-corrected chi connectivity index (χ2v) is 5.77. The van der Waals surface area contributed by atoms with Gasteiger partial charge in [-0.05, 0) is 48.2 Å². The number of carbonyl (C=O) groups is 2. The molecule has 6 heteroatoms. The molecule has 1 aliphatic rings. The van der Waals surface area contributed by atoms with E-state index in [1.807, 2.05) is 0 Å². The number of rotatable bonds is 4. The van der Waals surface area contributed by atoms with Crippen LogP contribution in [0.3, 0.4) is 0 Å². The van der Waals surface area contributed by atoms with E-state index in [1.54, 1.807) is 36.4 Å². The van der Waals surface area contributed by atoms with Gasteiger partial charge in [0.05, 0.1) is 0 Å². The summed E-state index contributed by atoms with van der Waals surface area (Å²) >= 11 is 0. The zero-order valence-electron chi connectivity index (χ0n) is 13.2. The van der Waals surface area contributed by atoms with E-state index in [1.165, 1.54) is 19.2 Å². The molecular formula is C18H18FN3O2. The second-order valence-electron chi connectivity index (χ2n) is 5.77. The average molecular weight is 327 g/mol. The molecule has 2 aromatic rings. The van der Waals surface area contributed by atoms with Crippen molar-refractivity contribution in [1.29, 1.82) is 0 Å². The monoisotopic (exact) mass is 327 g/mol. The summed E-state index contributed by atoms with van der Waals surface area (Å²) in [5, 5.41) is 7.98. The van der Waals surface area contributed by atoms with Gasteiger partial charge in [0, 0.05) is 24.3 Å². The molecule has 3 amide bonds. The van der Waals surface area contributed by atoms with E-state index < -0.39 is 0 Å². The summed E-state index contributed by atoms with van der Waals surface area (Å²) in [6, 6.07) is 12.9. The molecule has 5 nitrogen and oxygen atoms in total. The lowest BCUT2D eigenvalue weighted by Gasteiger charge is -2.08. The number of carbonyl (C=O) groups excluding carboxylic acids is 2. The highest BCUT2D eigenvalue weighted by molar-refractivity contribution is 5.96. The summed E-state index contributed by atoms with van der Waals surface area (Å²) in [6.45, 7) is 0. The number of urea groups is 1. The van der Waals surface area contributed by atoms with Gasteiger partial charge in [0.25, 0.3) is 0 Å². The Morgan fingerprint density at radius 1 is 1.04 bits per heavy atom. The minimum Gasteiger partial charge on any atom is -0.341 e. The molecule has 0 heterocycles. The van der Waals surface area contributed by atoms with Crippen LogP contribution in [0.2, 0.25) is 0 Å². The third-order valence-corrected chi connectivity index (χ3v) is 4.04. The van der Waals surface area contributed by atoms with Crippen LogP contribution in [0.4, 0.5) is 20.6 Å².